The smallest absolute Gasteiger partial charge is 0.319 e. The van der Waals surface area contributed by atoms with Gasteiger partial charge in [0.1, 0.15) is 0 Å². The van der Waals surface area contributed by atoms with E-state index in [4.69, 9.17) is 0 Å². The number of hydrogen-bond donors (Lipinski definition) is 0. The Morgan fingerprint density at radius 1 is 1.00 bits per heavy atom. The Hall–Kier alpha value is -1.55. The third kappa shape index (κ3) is 3.16. The Morgan fingerprint density at radius 2 is 1.58 bits per heavy atom. The van der Waals surface area contributed by atoms with Gasteiger partial charge in [0, 0.05) is 31.7 Å². The van der Waals surface area contributed by atoms with E-state index in [0.717, 1.165) is 39.0 Å². The number of carbonyl (C=O) groups is 1. The van der Waals surface area contributed by atoms with E-state index in [1.165, 1.54) is 31.5 Å². The summed E-state index contributed by atoms with van der Waals surface area (Å²) in [7, 11) is 0. The van der Waals surface area contributed by atoms with Crippen molar-refractivity contribution in [3.63, 3.8) is 0 Å². The van der Waals surface area contributed by atoms with Crippen molar-refractivity contribution in [1.82, 2.24) is 14.7 Å². The van der Waals surface area contributed by atoms with Crippen molar-refractivity contribution < 1.29 is 4.79 Å². The predicted octanol–water partition coefficient (Wildman–Crippen LogP) is 3.54. The Labute approximate surface area is 146 Å². The molecule has 0 N–H and O–H groups in total. The molecule has 0 saturated carbocycles. The van der Waals surface area contributed by atoms with Crippen LogP contribution in [0.1, 0.15) is 45.1 Å². The van der Waals surface area contributed by atoms with Crippen LogP contribution in [0.4, 0.5) is 4.79 Å². The largest absolute Gasteiger partial charge is 0.325 e. The van der Waals surface area contributed by atoms with Crippen LogP contribution < -0.4 is 0 Å². The van der Waals surface area contributed by atoms with Crippen LogP contribution in [0, 0.1) is 0 Å². The van der Waals surface area contributed by atoms with Crippen LogP contribution >= 0.6 is 0 Å². The molecule has 0 spiro atoms. The summed E-state index contributed by atoms with van der Waals surface area (Å²) in [6, 6.07) is 11.2. The summed E-state index contributed by atoms with van der Waals surface area (Å²) in [4.78, 5) is 19.3. The molecule has 0 aliphatic carbocycles. The van der Waals surface area contributed by atoms with Crippen molar-refractivity contribution in [2.24, 2.45) is 0 Å². The van der Waals surface area contributed by atoms with E-state index in [1.807, 2.05) is 4.90 Å². The number of benzene rings is 1. The van der Waals surface area contributed by atoms with Gasteiger partial charge in [-0.1, -0.05) is 30.3 Å². The van der Waals surface area contributed by atoms with Gasteiger partial charge in [-0.25, -0.2) is 4.79 Å². The number of likely N-dealkylation sites (tertiary alicyclic amines) is 2. The molecule has 0 radical (unpaired) electrons. The van der Waals surface area contributed by atoms with Gasteiger partial charge in [0.2, 0.25) is 0 Å². The summed E-state index contributed by atoms with van der Waals surface area (Å²) in [5.74, 6) is 0. The van der Waals surface area contributed by atoms with Crippen LogP contribution in [0.15, 0.2) is 30.3 Å². The fourth-order valence-electron chi connectivity index (χ4n) is 4.44. The first-order chi connectivity index (χ1) is 11.7. The summed E-state index contributed by atoms with van der Waals surface area (Å²) < 4.78 is 0. The van der Waals surface area contributed by atoms with Gasteiger partial charge in [-0.15, -0.1) is 0 Å². The molecule has 4 heteroatoms. The van der Waals surface area contributed by atoms with Gasteiger partial charge in [0.15, 0.2) is 0 Å². The lowest BCUT2D eigenvalue weighted by molar-refractivity contribution is 0.0392. The molecule has 3 rings (SSSR count). The molecule has 2 aliphatic rings. The van der Waals surface area contributed by atoms with E-state index in [0.29, 0.717) is 0 Å². The maximum Gasteiger partial charge on any atom is 0.319 e. The molecule has 2 amide bonds. The van der Waals surface area contributed by atoms with Crippen LogP contribution in [0.25, 0.3) is 0 Å². The van der Waals surface area contributed by atoms with Gasteiger partial charge in [-0.2, -0.15) is 0 Å². The zero-order chi connectivity index (χ0) is 17.0. The van der Waals surface area contributed by atoms with Gasteiger partial charge in [-0.05, 0) is 58.2 Å². The van der Waals surface area contributed by atoms with Crippen molar-refractivity contribution >= 4 is 6.03 Å². The maximum absolute atomic E-state index is 12.7. The highest BCUT2D eigenvalue weighted by Crippen LogP contribution is 2.40. The first kappa shape index (κ1) is 17.3. The lowest BCUT2D eigenvalue weighted by Gasteiger charge is -2.48. The zero-order valence-corrected chi connectivity index (χ0v) is 15.2. The fourth-order valence-corrected chi connectivity index (χ4v) is 4.44. The second kappa shape index (κ2) is 7.56. The number of nitrogens with zero attached hydrogens (tertiary/aromatic N) is 3. The minimum absolute atomic E-state index is 0.123. The normalized spacial score (nSPS) is 21.0. The number of piperidine rings is 1. The van der Waals surface area contributed by atoms with Crippen molar-refractivity contribution in [2.75, 3.05) is 39.3 Å². The number of hydrogen-bond acceptors (Lipinski definition) is 2. The van der Waals surface area contributed by atoms with Gasteiger partial charge >= 0.3 is 6.03 Å². The van der Waals surface area contributed by atoms with E-state index in [9.17, 15) is 4.79 Å². The molecule has 2 saturated heterocycles. The molecule has 2 heterocycles. The molecule has 0 unspecified atom stereocenters. The van der Waals surface area contributed by atoms with Crippen LogP contribution in [0.2, 0.25) is 0 Å². The van der Waals surface area contributed by atoms with E-state index >= 15 is 0 Å². The van der Waals surface area contributed by atoms with Crippen molar-refractivity contribution in [2.45, 2.75) is 45.1 Å². The highest BCUT2D eigenvalue weighted by atomic mass is 16.2. The van der Waals surface area contributed by atoms with Crippen molar-refractivity contribution in [1.29, 1.82) is 0 Å². The first-order valence-electron chi connectivity index (χ1n) is 9.55. The van der Waals surface area contributed by atoms with Gasteiger partial charge in [0.05, 0.1) is 0 Å². The topological polar surface area (TPSA) is 26.8 Å². The highest BCUT2D eigenvalue weighted by Gasteiger charge is 2.43. The number of rotatable bonds is 4. The monoisotopic (exact) mass is 329 g/mol. The minimum Gasteiger partial charge on any atom is -0.325 e. The van der Waals surface area contributed by atoms with Crippen LogP contribution in [0.3, 0.4) is 0 Å². The molecule has 132 valence electrons. The van der Waals surface area contributed by atoms with E-state index in [-0.39, 0.29) is 11.6 Å². The quantitative estimate of drug-likeness (QED) is 0.845. The predicted molar refractivity (Wildman–Crippen MR) is 98.1 cm³/mol. The molecule has 0 aromatic heterocycles. The molecule has 2 fully saturated rings. The number of carbonyl (C=O) groups excluding carboxylic acids is 1. The first-order valence-corrected chi connectivity index (χ1v) is 9.55. The second-order valence-electron chi connectivity index (χ2n) is 7.03. The fraction of sp³-hybridized carbons (Fsp3) is 0.650. The van der Waals surface area contributed by atoms with Gasteiger partial charge < -0.3 is 9.80 Å². The summed E-state index contributed by atoms with van der Waals surface area (Å²) in [6.07, 6.45) is 4.70. The third-order valence-electron chi connectivity index (χ3n) is 5.92. The van der Waals surface area contributed by atoms with Gasteiger partial charge in [0.25, 0.3) is 0 Å². The average Bonchev–Trinajstić information content (AvgIpc) is 3.19. The van der Waals surface area contributed by atoms with Crippen LogP contribution in [-0.2, 0) is 5.54 Å². The molecule has 2 aliphatic heterocycles. The van der Waals surface area contributed by atoms with Gasteiger partial charge in [-0.3, -0.25) is 4.90 Å². The highest BCUT2D eigenvalue weighted by molar-refractivity contribution is 5.74. The molecular weight excluding hydrogens is 298 g/mol. The maximum atomic E-state index is 12.7. The molecule has 0 bridgehead atoms. The Morgan fingerprint density at radius 3 is 2.12 bits per heavy atom. The van der Waals surface area contributed by atoms with Crippen LogP contribution in [0.5, 0.6) is 0 Å². The molecular formula is C20H31N3O. The minimum atomic E-state index is 0.123. The lowest BCUT2D eigenvalue weighted by Crippen LogP contribution is -2.55. The van der Waals surface area contributed by atoms with Crippen molar-refractivity contribution in [3.8, 4) is 0 Å². The number of urea groups is 1. The van der Waals surface area contributed by atoms with E-state index in [2.05, 4.69) is 54.0 Å². The van der Waals surface area contributed by atoms with E-state index in [1.54, 1.807) is 0 Å². The van der Waals surface area contributed by atoms with Crippen molar-refractivity contribution in [3.05, 3.63) is 35.9 Å². The molecule has 4 nitrogen and oxygen atoms in total. The molecule has 1 aromatic rings. The lowest BCUT2D eigenvalue weighted by atomic mass is 9.79. The van der Waals surface area contributed by atoms with Crippen LogP contribution in [-0.4, -0.2) is 60.0 Å². The summed E-state index contributed by atoms with van der Waals surface area (Å²) in [6.45, 7) is 9.82. The zero-order valence-electron chi connectivity index (χ0n) is 15.2. The average molecular weight is 329 g/mol. The van der Waals surface area contributed by atoms with E-state index < -0.39 is 0 Å². The third-order valence-corrected chi connectivity index (χ3v) is 5.92. The SMILES string of the molecule is CCN(CC)C(=O)N1CCC(c2ccccc2)(N2CCCC2)CC1. The Balaban J connectivity index is 1.77. The summed E-state index contributed by atoms with van der Waals surface area (Å²) in [5.41, 5.74) is 1.56. The second-order valence-corrected chi connectivity index (χ2v) is 7.03. The standard InChI is InChI=1S/C20H31N3O/c1-3-21(4-2)19(24)22-16-12-20(13-17-22,23-14-8-9-15-23)18-10-6-5-7-11-18/h5-7,10-11H,3-4,8-9,12-17H2,1-2H3. The number of amides is 2. The summed E-state index contributed by atoms with van der Waals surface area (Å²) >= 11 is 0. The molecule has 24 heavy (non-hydrogen) atoms. The Kier molecular flexibility index (Phi) is 5.44. The molecule has 0 atom stereocenters. The summed E-state index contributed by atoms with van der Waals surface area (Å²) in [5, 5.41) is 0. The molecule has 1 aromatic carbocycles. The Bertz CT molecular complexity index is 527.